The summed E-state index contributed by atoms with van der Waals surface area (Å²) in [6.45, 7) is 0. The van der Waals surface area contributed by atoms with Crippen molar-refractivity contribution in [2.75, 3.05) is 7.05 Å². The topological polar surface area (TPSA) is 21.3 Å². The number of nitrogens with one attached hydrogen (secondary N) is 1. The Hall–Kier alpha value is -1.09. The number of fused-ring (bicyclic) bond motifs is 1. The molecule has 1 N–H and O–H groups in total. The molecule has 1 spiro atoms. The third-order valence-electron chi connectivity index (χ3n) is 4.37. The Morgan fingerprint density at radius 1 is 1.28 bits per heavy atom. The lowest BCUT2D eigenvalue weighted by atomic mass is 9.77. The highest BCUT2D eigenvalue weighted by Crippen LogP contribution is 2.46. The molecule has 1 heterocycles. The van der Waals surface area contributed by atoms with Crippen LogP contribution in [0.1, 0.15) is 50.1 Å². The maximum absolute atomic E-state index is 13.4. The quantitative estimate of drug-likeness (QED) is 0.821. The number of rotatable bonds is 1. The van der Waals surface area contributed by atoms with Crippen LogP contribution in [0.2, 0.25) is 0 Å². The van der Waals surface area contributed by atoms with Gasteiger partial charge in [-0.05, 0) is 38.8 Å². The maximum atomic E-state index is 13.4. The highest BCUT2D eigenvalue weighted by atomic mass is 19.1. The Kier molecular flexibility index (Phi) is 3.02. The molecular formula is C15H20FNO. The largest absolute Gasteiger partial charge is 0.487 e. The van der Waals surface area contributed by atoms with Crippen molar-refractivity contribution in [1.82, 2.24) is 5.32 Å². The van der Waals surface area contributed by atoms with E-state index in [0.717, 1.165) is 30.6 Å². The number of halogens is 1. The zero-order chi connectivity index (χ0) is 12.6. The van der Waals surface area contributed by atoms with Gasteiger partial charge >= 0.3 is 0 Å². The van der Waals surface area contributed by atoms with Gasteiger partial charge in [0.15, 0.2) is 0 Å². The fourth-order valence-corrected chi connectivity index (χ4v) is 3.40. The zero-order valence-electron chi connectivity index (χ0n) is 10.8. The van der Waals surface area contributed by atoms with Crippen LogP contribution in [-0.2, 0) is 0 Å². The minimum Gasteiger partial charge on any atom is -0.487 e. The molecule has 2 aliphatic rings. The smallest absolute Gasteiger partial charge is 0.127 e. The lowest BCUT2D eigenvalue weighted by Crippen LogP contribution is -2.45. The minimum absolute atomic E-state index is 0.0628. The molecule has 1 saturated carbocycles. The van der Waals surface area contributed by atoms with E-state index in [4.69, 9.17) is 4.74 Å². The molecule has 0 amide bonds. The number of ether oxygens (including phenoxy) is 1. The van der Waals surface area contributed by atoms with Crippen LogP contribution in [0.25, 0.3) is 0 Å². The van der Waals surface area contributed by atoms with Crippen molar-refractivity contribution in [3.8, 4) is 5.75 Å². The summed E-state index contributed by atoms with van der Waals surface area (Å²) >= 11 is 0. The summed E-state index contributed by atoms with van der Waals surface area (Å²) in [5.41, 5.74) is 1.03. The van der Waals surface area contributed by atoms with E-state index in [2.05, 4.69) is 5.32 Å². The van der Waals surface area contributed by atoms with Gasteiger partial charge in [0.1, 0.15) is 17.2 Å². The fraction of sp³-hybridized carbons (Fsp3) is 0.600. The predicted octanol–water partition coefficient (Wildman–Crippen LogP) is 3.57. The highest BCUT2D eigenvalue weighted by Gasteiger charge is 2.41. The molecule has 0 radical (unpaired) electrons. The van der Waals surface area contributed by atoms with Crippen LogP contribution in [0.3, 0.4) is 0 Å². The normalized spacial score (nSPS) is 25.6. The summed E-state index contributed by atoms with van der Waals surface area (Å²) < 4.78 is 19.6. The molecular weight excluding hydrogens is 229 g/mol. The molecule has 1 aliphatic carbocycles. The van der Waals surface area contributed by atoms with Gasteiger partial charge in [0.2, 0.25) is 0 Å². The van der Waals surface area contributed by atoms with Crippen molar-refractivity contribution >= 4 is 0 Å². The first kappa shape index (κ1) is 12.0. The van der Waals surface area contributed by atoms with E-state index >= 15 is 0 Å². The van der Waals surface area contributed by atoms with Crippen LogP contribution in [0.5, 0.6) is 5.75 Å². The third kappa shape index (κ3) is 2.01. The van der Waals surface area contributed by atoms with Crippen LogP contribution in [0, 0.1) is 5.82 Å². The summed E-state index contributed by atoms with van der Waals surface area (Å²) in [5.74, 6) is 0.527. The van der Waals surface area contributed by atoms with Gasteiger partial charge in [0.05, 0.1) is 0 Å². The minimum atomic E-state index is -0.212. The molecule has 0 aromatic heterocycles. The summed E-state index contributed by atoms with van der Waals surface area (Å²) in [7, 11) is 1.97. The molecule has 1 fully saturated rings. The molecule has 1 aromatic rings. The van der Waals surface area contributed by atoms with E-state index in [1.165, 1.54) is 31.4 Å². The molecule has 1 atom stereocenters. The summed E-state index contributed by atoms with van der Waals surface area (Å²) in [6, 6.07) is 5.19. The Bertz CT molecular complexity index is 440. The Labute approximate surface area is 108 Å². The third-order valence-corrected chi connectivity index (χ3v) is 4.37. The molecule has 3 rings (SSSR count). The van der Waals surface area contributed by atoms with Crippen LogP contribution < -0.4 is 10.1 Å². The van der Waals surface area contributed by atoms with Crippen LogP contribution in [0.15, 0.2) is 18.2 Å². The van der Waals surface area contributed by atoms with Crippen molar-refractivity contribution in [2.24, 2.45) is 0 Å². The molecule has 2 nitrogen and oxygen atoms in total. The number of benzene rings is 1. The second kappa shape index (κ2) is 4.54. The van der Waals surface area contributed by atoms with Crippen molar-refractivity contribution in [3.63, 3.8) is 0 Å². The Morgan fingerprint density at radius 3 is 2.78 bits per heavy atom. The zero-order valence-corrected chi connectivity index (χ0v) is 10.8. The van der Waals surface area contributed by atoms with E-state index in [0.29, 0.717) is 0 Å². The summed E-state index contributed by atoms with van der Waals surface area (Å²) in [5, 5.41) is 3.35. The van der Waals surface area contributed by atoms with Gasteiger partial charge in [-0.15, -0.1) is 0 Å². The number of hydrogen-bond acceptors (Lipinski definition) is 2. The van der Waals surface area contributed by atoms with Crippen molar-refractivity contribution in [3.05, 3.63) is 29.6 Å². The van der Waals surface area contributed by atoms with Crippen LogP contribution in [0.4, 0.5) is 4.39 Å². The van der Waals surface area contributed by atoms with Crippen molar-refractivity contribution in [2.45, 2.75) is 50.2 Å². The van der Waals surface area contributed by atoms with E-state index in [9.17, 15) is 4.39 Å². The first-order chi connectivity index (χ1) is 8.72. The van der Waals surface area contributed by atoms with E-state index < -0.39 is 0 Å². The lowest BCUT2D eigenvalue weighted by Gasteiger charge is -2.44. The first-order valence-corrected chi connectivity index (χ1v) is 6.88. The SMILES string of the molecule is CNC1CC2(CCCCC2)Oc2cc(F)ccc21. The molecule has 0 saturated heterocycles. The van der Waals surface area contributed by atoms with Gasteiger partial charge in [-0.1, -0.05) is 12.5 Å². The lowest BCUT2D eigenvalue weighted by molar-refractivity contribution is -0.00204. The Balaban J connectivity index is 1.97. The highest BCUT2D eigenvalue weighted by molar-refractivity contribution is 5.39. The standard InChI is InChI=1S/C15H20FNO/c1-17-13-10-15(7-3-2-4-8-15)18-14-9-11(16)5-6-12(13)14/h5-6,9,13,17H,2-4,7-8,10H2,1H3. The van der Waals surface area contributed by atoms with Gasteiger partial charge in [-0.3, -0.25) is 0 Å². The van der Waals surface area contributed by atoms with Crippen molar-refractivity contribution in [1.29, 1.82) is 0 Å². The molecule has 0 bridgehead atoms. The maximum Gasteiger partial charge on any atom is 0.127 e. The van der Waals surface area contributed by atoms with Crippen LogP contribution in [-0.4, -0.2) is 12.6 Å². The van der Waals surface area contributed by atoms with Gasteiger partial charge in [0, 0.05) is 24.1 Å². The van der Waals surface area contributed by atoms with Gasteiger partial charge in [-0.25, -0.2) is 4.39 Å². The van der Waals surface area contributed by atoms with Crippen LogP contribution >= 0.6 is 0 Å². The van der Waals surface area contributed by atoms with Gasteiger partial charge in [0.25, 0.3) is 0 Å². The van der Waals surface area contributed by atoms with Gasteiger partial charge < -0.3 is 10.1 Å². The molecule has 1 aromatic carbocycles. The monoisotopic (exact) mass is 249 g/mol. The van der Waals surface area contributed by atoms with Crippen molar-refractivity contribution < 1.29 is 9.13 Å². The second-order valence-corrected chi connectivity index (χ2v) is 5.57. The average Bonchev–Trinajstić information content (AvgIpc) is 2.38. The summed E-state index contributed by atoms with van der Waals surface area (Å²) in [4.78, 5) is 0. The fourth-order valence-electron chi connectivity index (χ4n) is 3.40. The molecule has 3 heteroatoms. The summed E-state index contributed by atoms with van der Waals surface area (Å²) in [6.07, 6.45) is 6.94. The Morgan fingerprint density at radius 2 is 2.06 bits per heavy atom. The average molecular weight is 249 g/mol. The molecule has 1 aliphatic heterocycles. The van der Waals surface area contributed by atoms with E-state index in [1.807, 2.05) is 13.1 Å². The first-order valence-electron chi connectivity index (χ1n) is 6.88. The molecule has 98 valence electrons. The predicted molar refractivity (Wildman–Crippen MR) is 69.3 cm³/mol. The van der Waals surface area contributed by atoms with E-state index in [-0.39, 0.29) is 17.5 Å². The number of hydrogen-bond donors (Lipinski definition) is 1. The molecule has 1 unspecified atom stereocenters. The second-order valence-electron chi connectivity index (χ2n) is 5.57. The van der Waals surface area contributed by atoms with Gasteiger partial charge in [-0.2, -0.15) is 0 Å². The molecule has 18 heavy (non-hydrogen) atoms. The van der Waals surface area contributed by atoms with E-state index in [1.54, 1.807) is 0 Å².